The van der Waals surface area contributed by atoms with Gasteiger partial charge in [-0.1, -0.05) is 31.5 Å². The fraction of sp³-hybridized carbons (Fsp3) is 0.571. The largest absolute Gasteiger partial charge is 0.370 e. The van der Waals surface area contributed by atoms with Crippen molar-refractivity contribution >= 4 is 17.3 Å². The van der Waals surface area contributed by atoms with Gasteiger partial charge < -0.3 is 10.6 Å². The van der Waals surface area contributed by atoms with Gasteiger partial charge in [0.15, 0.2) is 0 Å². The van der Waals surface area contributed by atoms with Gasteiger partial charge in [-0.15, -0.1) is 0 Å². The van der Waals surface area contributed by atoms with E-state index < -0.39 is 0 Å². The maximum absolute atomic E-state index is 6.33. The van der Waals surface area contributed by atoms with Crippen LogP contribution in [0.5, 0.6) is 0 Å². The van der Waals surface area contributed by atoms with Gasteiger partial charge in [0.2, 0.25) is 0 Å². The lowest BCUT2D eigenvalue weighted by molar-refractivity contribution is 0.618. The second-order valence-corrected chi connectivity index (χ2v) is 5.34. The van der Waals surface area contributed by atoms with E-state index in [2.05, 4.69) is 37.8 Å². The summed E-state index contributed by atoms with van der Waals surface area (Å²) >= 11 is 6.33. The molecule has 0 spiro atoms. The van der Waals surface area contributed by atoms with Gasteiger partial charge in [-0.25, -0.2) is 0 Å². The molecule has 0 fully saturated rings. The molecule has 0 bridgehead atoms. The number of benzene rings is 1. The highest BCUT2D eigenvalue weighted by atomic mass is 35.5. The van der Waals surface area contributed by atoms with Crippen LogP contribution in [0.15, 0.2) is 18.2 Å². The lowest BCUT2D eigenvalue weighted by Gasteiger charge is -2.26. The smallest absolute Gasteiger partial charge is 0.0642 e. The van der Waals surface area contributed by atoms with Crippen LogP contribution in [0.25, 0.3) is 0 Å². The molecule has 1 aromatic rings. The van der Waals surface area contributed by atoms with Crippen LogP contribution in [0.4, 0.5) is 5.69 Å². The summed E-state index contributed by atoms with van der Waals surface area (Å²) in [7, 11) is 0. The van der Waals surface area contributed by atoms with Gasteiger partial charge >= 0.3 is 0 Å². The van der Waals surface area contributed by atoms with E-state index in [0.717, 1.165) is 29.4 Å². The molecule has 0 radical (unpaired) electrons. The van der Waals surface area contributed by atoms with Crippen molar-refractivity contribution in [2.24, 2.45) is 11.7 Å². The molecule has 3 heteroatoms. The van der Waals surface area contributed by atoms with Gasteiger partial charge in [-0.2, -0.15) is 0 Å². The molecule has 0 heterocycles. The van der Waals surface area contributed by atoms with Crippen molar-refractivity contribution in [2.75, 3.05) is 18.0 Å². The SMILES string of the molecule is CCN(CC(C)C)c1ccc(C(C)N)cc1Cl. The standard InChI is InChI=1S/C14H23ClN2/c1-5-17(9-10(2)3)14-7-6-12(11(4)16)8-13(14)15/h6-8,10-11H,5,9,16H2,1-4H3. The van der Waals surface area contributed by atoms with Crippen molar-refractivity contribution in [3.8, 4) is 0 Å². The van der Waals surface area contributed by atoms with Crippen molar-refractivity contribution in [1.29, 1.82) is 0 Å². The zero-order valence-electron chi connectivity index (χ0n) is 11.2. The van der Waals surface area contributed by atoms with Gasteiger partial charge in [0.25, 0.3) is 0 Å². The molecule has 0 aliphatic carbocycles. The minimum absolute atomic E-state index is 0.0294. The van der Waals surface area contributed by atoms with Crippen LogP contribution in [0.2, 0.25) is 5.02 Å². The van der Waals surface area contributed by atoms with Crippen LogP contribution >= 0.6 is 11.6 Å². The maximum atomic E-state index is 6.33. The van der Waals surface area contributed by atoms with Crippen molar-refractivity contribution in [2.45, 2.75) is 33.7 Å². The minimum atomic E-state index is 0.0294. The quantitative estimate of drug-likeness (QED) is 0.865. The summed E-state index contributed by atoms with van der Waals surface area (Å²) in [6.45, 7) is 10.5. The summed E-state index contributed by atoms with van der Waals surface area (Å²) in [5, 5.41) is 0.794. The zero-order valence-corrected chi connectivity index (χ0v) is 12.0. The molecule has 17 heavy (non-hydrogen) atoms. The van der Waals surface area contributed by atoms with Crippen molar-refractivity contribution in [3.63, 3.8) is 0 Å². The second-order valence-electron chi connectivity index (χ2n) is 4.93. The Bertz CT molecular complexity index is 361. The Hall–Kier alpha value is -0.730. The third-order valence-electron chi connectivity index (χ3n) is 2.81. The fourth-order valence-corrected chi connectivity index (χ4v) is 2.21. The van der Waals surface area contributed by atoms with E-state index in [9.17, 15) is 0 Å². The van der Waals surface area contributed by atoms with E-state index in [-0.39, 0.29) is 6.04 Å². The number of halogens is 1. The van der Waals surface area contributed by atoms with Gasteiger partial charge in [0.05, 0.1) is 10.7 Å². The Balaban J connectivity index is 2.96. The molecule has 1 rings (SSSR count). The molecule has 96 valence electrons. The van der Waals surface area contributed by atoms with Gasteiger partial charge in [-0.3, -0.25) is 0 Å². The highest BCUT2D eigenvalue weighted by Crippen LogP contribution is 2.29. The van der Waals surface area contributed by atoms with Gasteiger partial charge in [0.1, 0.15) is 0 Å². The Kier molecular flexibility index (Phi) is 5.29. The second kappa shape index (κ2) is 6.27. The summed E-state index contributed by atoms with van der Waals surface area (Å²) in [6, 6.07) is 6.15. The summed E-state index contributed by atoms with van der Waals surface area (Å²) in [5.74, 6) is 0.624. The summed E-state index contributed by atoms with van der Waals surface area (Å²) in [6.07, 6.45) is 0. The molecule has 0 aliphatic rings. The van der Waals surface area contributed by atoms with E-state index in [1.165, 1.54) is 0 Å². The lowest BCUT2D eigenvalue weighted by Crippen LogP contribution is -2.27. The predicted molar refractivity (Wildman–Crippen MR) is 76.8 cm³/mol. The topological polar surface area (TPSA) is 29.3 Å². The maximum Gasteiger partial charge on any atom is 0.0642 e. The third kappa shape index (κ3) is 3.90. The number of nitrogens with two attached hydrogens (primary N) is 1. The molecule has 1 aromatic carbocycles. The van der Waals surface area contributed by atoms with Gasteiger partial charge in [-0.05, 0) is 37.5 Å². The van der Waals surface area contributed by atoms with E-state index in [1.54, 1.807) is 0 Å². The minimum Gasteiger partial charge on any atom is -0.370 e. The molecule has 0 aliphatic heterocycles. The average molecular weight is 255 g/mol. The molecule has 0 saturated heterocycles. The Morgan fingerprint density at radius 2 is 1.94 bits per heavy atom. The predicted octanol–water partition coefficient (Wildman–Crippen LogP) is 3.84. The van der Waals surface area contributed by atoms with Crippen LogP contribution in [0.3, 0.4) is 0 Å². The fourth-order valence-electron chi connectivity index (χ4n) is 1.90. The highest BCUT2D eigenvalue weighted by molar-refractivity contribution is 6.33. The number of hydrogen-bond donors (Lipinski definition) is 1. The Morgan fingerprint density at radius 1 is 1.29 bits per heavy atom. The third-order valence-corrected chi connectivity index (χ3v) is 3.11. The molecular formula is C14H23ClN2. The first-order chi connectivity index (χ1) is 7.95. The monoisotopic (exact) mass is 254 g/mol. The molecule has 0 amide bonds. The van der Waals surface area contributed by atoms with Crippen LogP contribution in [-0.4, -0.2) is 13.1 Å². The lowest BCUT2D eigenvalue weighted by atomic mass is 10.1. The summed E-state index contributed by atoms with van der Waals surface area (Å²) in [5.41, 5.74) is 8.04. The summed E-state index contributed by atoms with van der Waals surface area (Å²) < 4.78 is 0. The first kappa shape index (κ1) is 14.3. The Labute approximate surface area is 110 Å². The molecule has 2 N–H and O–H groups in total. The Morgan fingerprint density at radius 3 is 2.35 bits per heavy atom. The molecule has 1 atom stereocenters. The van der Waals surface area contributed by atoms with Crippen LogP contribution in [-0.2, 0) is 0 Å². The molecule has 0 saturated carbocycles. The number of anilines is 1. The number of nitrogens with zero attached hydrogens (tertiary/aromatic N) is 1. The van der Waals surface area contributed by atoms with Crippen LogP contribution in [0.1, 0.15) is 39.3 Å². The first-order valence-electron chi connectivity index (χ1n) is 6.25. The average Bonchev–Trinajstić information content (AvgIpc) is 2.25. The van der Waals surface area contributed by atoms with E-state index in [1.807, 2.05) is 13.0 Å². The van der Waals surface area contributed by atoms with Crippen LogP contribution in [0, 0.1) is 5.92 Å². The van der Waals surface area contributed by atoms with E-state index >= 15 is 0 Å². The molecule has 1 unspecified atom stereocenters. The van der Waals surface area contributed by atoms with Crippen LogP contribution < -0.4 is 10.6 Å². The first-order valence-corrected chi connectivity index (χ1v) is 6.63. The van der Waals surface area contributed by atoms with E-state index in [4.69, 9.17) is 17.3 Å². The van der Waals surface area contributed by atoms with Gasteiger partial charge in [0, 0.05) is 19.1 Å². The normalized spacial score (nSPS) is 12.9. The molecular weight excluding hydrogens is 232 g/mol. The summed E-state index contributed by atoms with van der Waals surface area (Å²) in [4.78, 5) is 2.30. The molecule has 2 nitrogen and oxygen atoms in total. The highest BCUT2D eigenvalue weighted by Gasteiger charge is 2.11. The molecule has 0 aromatic heterocycles. The van der Waals surface area contributed by atoms with E-state index in [0.29, 0.717) is 5.92 Å². The number of rotatable bonds is 5. The van der Waals surface area contributed by atoms with Crippen molar-refractivity contribution in [1.82, 2.24) is 0 Å². The van der Waals surface area contributed by atoms with Crippen molar-refractivity contribution in [3.05, 3.63) is 28.8 Å². The van der Waals surface area contributed by atoms with Crippen molar-refractivity contribution < 1.29 is 0 Å². The zero-order chi connectivity index (χ0) is 13.0. The number of hydrogen-bond acceptors (Lipinski definition) is 2.